The predicted octanol–water partition coefficient (Wildman–Crippen LogP) is 2.09. The Balaban J connectivity index is 3.02. The predicted molar refractivity (Wildman–Crippen MR) is 48.8 cm³/mol. The lowest BCUT2D eigenvalue weighted by Gasteiger charge is -2.04. The van der Waals surface area contributed by atoms with Crippen LogP contribution < -0.4 is 0 Å². The Morgan fingerprint density at radius 3 is 3.00 bits per heavy atom. The van der Waals surface area contributed by atoms with Crippen molar-refractivity contribution >= 4 is 27.5 Å². The molecular weight excluding hydrogens is 241 g/mol. The molecule has 0 aliphatic heterocycles. The van der Waals surface area contributed by atoms with Crippen LogP contribution in [0.25, 0.3) is 0 Å². The van der Waals surface area contributed by atoms with Gasteiger partial charge in [-0.3, -0.25) is 0 Å². The number of aromatic nitrogens is 2. The summed E-state index contributed by atoms with van der Waals surface area (Å²) < 4.78 is 0.720. The monoisotopic (exact) mass is 245 g/mol. The zero-order valence-corrected chi connectivity index (χ0v) is 8.38. The fourth-order valence-electron chi connectivity index (χ4n) is 0.747. The minimum absolute atomic E-state index is 0.242. The maximum atomic E-state index is 8.69. The standard InChI is InChI=1S/C7H5BrClN3/c8-6-3-11-4-12-7(6)5(1-9)2-10/h3-5H,1H2. The smallest absolute Gasteiger partial charge is 0.115 e. The van der Waals surface area contributed by atoms with Crippen LogP contribution in [-0.4, -0.2) is 15.8 Å². The van der Waals surface area contributed by atoms with Gasteiger partial charge in [0.2, 0.25) is 0 Å². The fraction of sp³-hybridized carbons (Fsp3) is 0.286. The SMILES string of the molecule is N#CC(CCl)c1ncncc1Br. The number of rotatable bonds is 2. The summed E-state index contributed by atoms with van der Waals surface area (Å²) in [5, 5.41) is 8.69. The summed E-state index contributed by atoms with van der Waals surface area (Å²) in [6.07, 6.45) is 3.00. The second kappa shape index (κ2) is 4.39. The van der Waals surface area contributed by atoms with E-state index in [-0.39, 0.29) is 11.8 Å². The molecule has 1 unspecified atom stereocenters. The van der Waals surface area contributed by atoms with Crippen molar-refractivity contribution < 1.29 is 0 Å². The van der Waals surface area contributed by atoms with E-state index in [1.807, 2.05) is 0 Å². The summed E-state index contributed by atoms with van der Waals surface area (Å²) >= 11 is 8.81. The number of nitriles is 1. The van der Waals surface area contributed by atoms with Gasteiger partial charge in [-0.25, -0.2) is 9.97 Å². The minimum Gasteiger partial charge on any atom is -0.244 e. The van der Waals surface area contributed by atoms with E-state index >= 15 is 0 Å². The van der Waals surface area contributed by atoms with E-state index in [1.54, 1.807) is 6.20 Å². The average molecular weight is 246 g/mol. The number of halogens is 2. The van der Waals surface area contributed by atoms with E-state index in [9.17, 15) is 0 Å². The highest BCUT2D eigenvalue weighted by molar-refractivity contribution is 9.10. The van der Waals surface area contributed by atoms with Gasteiger partial charge in [-0.2, -0.15) is 5.26 Å². The van der Waals surface area contributed by atoms with E-state index in [0.29, 0.717) is 5.69 Å². The molecule has 1 aromatic rings. The molecule has 1 rings (SSSR count). The number of nitrogens with zero attached hydrogens (tertiary/aromatic N) is 3. The Morgan fingerprint density at radius 1 is 1.75 bits per heavy atom. The zero-order valence-electron chi connectivity index (χ0n) is 6.04. The molecule has 62 valence electrons. The Bertz CT molecular complexity index is 310. The van der Waals surface area contributed by atoms with Crippen molar-refractivity contribution in [1.29, 1.82) is 5.26 Å². The van der Waals surface area contributed by atoms with E-state index < -0.39 is 0 Å². The molecule has 0 aliphatic rings. The lowest BCUT2D eigenvalue weighted by molar-refractivity contribution is 0.899. The Morgan fingerprint density at radius 2 is 2.50 bits per heavy atom. The number of alkyl halides is 1. The van der Waals surface area contributed by atoms with Crippen molar-refractivity contribution in [3.05, 3.63) is 22.7 Å². The topological polar surface area (TPSA) is 49.6 Å². The van der Waals surface area contributed by atoms with Gasteiger partial charge < -0.3 is 0 Å². The van der Waals surface area contributed by atoms with Crippen molar-refractivity contribution in [2.24, 2.45) is 0 Å². The molecule has 1 atom stereocenters. The van der Waals surface area contributed by atoms with Crippen LogP contribution in [0.5, 0.6) is 0 Å². The quantitative estimate of drug-likeness (QED) is 0.751. The molecular formula is C7H5BrClN3. The van der Waals surface area contributed by atoms with Crippen molar-refractivity contribution in [2.75, 3.05) is 5.88 Å². The summed E-state index contributed by atoms with van der Waals surface area (Å²) in [5.74, 6) is -0.129. The maximum Gasteiger partial charge on any atom is 0.115 e. The van der Waals surface area contributed by atoms with Crippen molar-refractivity contribution in [1.82, 2.24) is 9.97 Å². The summed E-state index contributed by atoms with van der Waals surface area (Å²) in [4.78, 5) is 7.74. The molecule has 1 heterocycles. The van der Waals surface area contributed by atoms with Gasteiger partial charge >= 0.3 is 0 Å². The molecule has 0 bridgehead atoms. The average Bonchev–Trinajstić information content (AvgIpc) is 2.10. The van der Waals surface area contributed by atoms with Gasteiger partial charge in [-0.05, 0) is 15.9 Å². The molecule has 3 nitrogen and oxygen atoms in total. The van der Waals surface area contributed by atoms with Crippen molar-refractivity contribution in [2.45, 2.75) is 5.92 Å². The van der Waals surface area contributed by atoms with Crippen LogP contribution in [0.3, 0.4) is 0 Å². The van der Waals surface area contributed by atoms with Crippen LogP contribution in [0.15, 0.2) is 17.0 Å². The molecule has 12 heavy (non-hydrogen) atoms. The highest BCUT2D eigenvalue weighted by Gasteiger charge is 2.13. The zero-order chi connectivity index (χ0) is 8.97. The molecule has 0 radical (unpaired) electrons. The second-order valence-corrected chi connectivity index (χ2v) is 3.25. The first kappa shape index (κ1) is 9.43. The minimum atomic E-state index is -0.371. The fourth-order valence-corrected chi connectivity index (χ4v) is 1.46. The third-order valence-electron chi connectivity index (χ3n) is 1.34. The van der Waals surface area contributed by atoms with Crippen LogP contribution in [0, 0.1) is 11.3 Å². The van der Waals surface area contributed by atoms with E-state index in [0.717, 1.165) is 4.47 Å². The lowest BCUT2D eigenvalue weighted by Crippen LogP contribution is -2.01. The number of hydrogen-bond donors (Lipinski definition) is 0. The van der Waals surface area contributed by atoms with E-state index in [2.05, 4.69) is 32.0 Å². The Hall–Kier alpha value is -0.660. The van der Waals surface area contributed by atoms with Crippen LogP contribution in [0.2, 0.25) is 0 Å². The van der Waals surface area contributed by atoms with Crippen LogP contribution in [0.1, 0.15) is 11.6 Å². The van der Waals surface area contributed by atoms with Crippen molar-refractivity contribution in [3.8, 4) is 6.07 Å². The summed E-state index contributed by atoms with van der Waals surface area (Å²) in [5.41, 5.74) is 0.641. The molecule has 1 aromatic heterocycles. The first-order valence-electron chi connectivity index (χ1n) is 3.20. The molecule has 5 heteroatoms. The lowest BCUT2D eigenvalue weighted by atomic mass is 10.1. The van der Waals surface area contributed by atoms with E-state index in [4.69, 9.17) is 16.9 Å². The van der Waals surface area contributed by atoms with Crippen molar-refractivity contribution in [3.63, 3.8) is 0 Å². The molecule has 0 spiro atoms. The van der Waals surface area contributed by atoms with Crippen LogP contribution >= 0.6 is 27.5 Å². The molecule has 0 fully saturated rings. The van der Waals surface area contributed by atoms with Gasteiger partial charge in [0.1, 0.15) is 12.2 Å². The summed E-state index contributed by atoms with van der Waals surface area (Å²) in [6.45, 7) is 0. The molecule has 0 N–H and O–H groups in total. The van der Waals surface area contributed by atoms with Gasteiger partial charge in [0.15, 0.2) is 0 Å². The summed E-state index contributed by atoms with van der Waals surface area (Å²) in [7, 11) is 0. The first-order chi connectivity index (χ1) is 5.79. The van der Waals surface area contributed by atoms with Gasteiger partial charge in [-0.1, -0.05) is 0 Å². The second-order valence-electron chi connectivity index (χ2n) is 2.09. The molecule has 0 saturated heterocycles. The Labute approximate surface area is 83.5 Å². The van der Waals surface area contributed by atoms with Gasteiger partial charge in [0.05, 0.1) is 16.2 Å². The maximum absolute atomic E-state index is 8.69. The van der Waals surface area contributed by atoms with Crippen LogP contribution in [-0.2, 0) is 0 Å². The largest absolute Gasteiger partial charge is 0.244 e. The molecule has 0 aromatic carbocycles. The third-order valence-corrected chi connectivity index (χ3v) is 2.26. The normalized spacial score (nSPS) is 12.1. The van der Waals surface area contributed by atoms with Gasteiger partial charge in [0, 0.05) is 12.1 Å². The van der Waals surface area contributed by atoms with E-state index in [1.165, 1.54) is 6.33 Å². The van der Waals surface area contributed by atoms with Gasteiger partial charge in [-0.15, -0.1) is 11.6 Å². The Kier molecular flexibility index (Phi) is 3.45. The molecule has 0 amide bonds. The highest BCUT2D eigenvalue weighted by Crippen LogP contribution is 2.21. The highest BCUT2D eigenvalue weighted by atomic mass is 79.9. The summed E-state index contributed by atoms with van der Waals surface area (Å²) in [6, 6.07) is 2.06. The third kappa shape index (κ3) is 1.93. The first-order valence-corrected chi connectivity index (χ1v) is 4.53. The van der Waals surface area contributed by atoms with Gasteiger partial charge in [0.25, 0.3) is 0 Å². The number of hydrogen-bond acceptors (Lipinski definition) is 3. The molecule has 0 saturated carbocycles. The van der Waals surface area contributed by atoms with Crippen LogP contribution in [0.4, 0.5) is 0 Å². The molecule has 0 aliphatic carbocycles.